The molecule has 6 aliphatic rings. The van der Waals surface area contributed by atoms with Crippen molar-refractivity contribution < 1.29 is 24.2 Å². The Morgan fingerprint density at radius 1 is 0.877 bits per heavy atom. The van der Waals surface area contributed by atoms with Crippen LogP contribution in [-0.2, 0) is 19.1 Å². The van der Waals surface area contributed by atoms with Crippen LogP contribution in [0.4, 0.5) is 0 Å². The normalized spacial score (nSPS) is 22.6. The number of methoxy groups -OCH3 is 1. The number of fused-ring (bicyclic) bond motifs is 5. The lowest BCUT2D eigenvalue weighted by molar-refractivity contribution is -0.144. The molecule has 0 aromatic rings. The molecule has 0 aromatic carbocycles. The van der Waals surface area contributed by atoms with Crippen molar-refractivity contribution in [1.82, 2.24) is 5.32 Å². The van der Waals surface area contributed by atoms with Gasteiger partial charge in [-0.15, -0.1) is 0 Å². The van der Waals surface area contributed by atoms with Crippen LogP contribution >= 0.6 is 0 Å². The van der Waals surface area contributed by atoms with Crippen molar-refractivity contribution in [3.63, 3.8) is 0 Å². The third-order valence-electron chi connectivity index (χ3n) is 14.5. The quantitative estimate of drug-likeness (QED) is 0.0672. The molecule has 9 heteroatoms. The molecule has 8 bridgehead atoms. The molecule has 9 nitrogen and oxygen atoms in total. The van der Waals surface area contributed by atoms with E-state index >= 15 is 0 Å². The molecule has 5 atom stereocenters. The summed E-state index contributed by atoms with van der Waals surface area (Å²) in [5.41, 5.74) is 13.4. The number of aliphatic hydroxyl groups excluding tert-OH is 1. The summed E-state index contributed by atoms with van der Waals surface area (Å²) in [5, 5.41) is 15.6. The topological polar surface area (TPSA) is 122 Å². The standard InChI is InChI=1S/C56H76N4O5/c1-13-40-36(8)43-29-45-38(10)42(26-27-49(61)65-28-18-25-35(7)24-17-23-34(6)22-16-21-33(5)20-15-19-32(3)4)53(59-45)51-52(56(63)64-12)55(62)50-39(11)46(60-54(50)51)31-48-41(14-2)37(9)44(58-48)30-47(40)57-43/h13,25,29-34,38,42,52,59,62H,1,14-24,26-28H2,2-12H3/b35-25+,45-29?,47-30?,48-31?,53-51?/t33?,34?,38-,42-,52+/m0/s1. The summed E-state index contributed by atoms with van der Waals surface area (Å²) in [7, 11) is 1.34. The zero-order valence-corrected chi connectivity index (χ0v) is 41.4. The van der Waals surface area contributed by atoms with E-state index in [0.717, 1.165) is 92.7 Å². The van der Waals surface area contributed by atoms with Crippen LogP contribution in [0.2, 0.25) is 0 Å². The van der Waals surface area contributed by atoms with Crippen LogP contribution < -0.4 is 5.32 Å². The molecule has 65 heavy (non-hydrogen) atoms. The number of aliphatic hydroxyl groups is 1. The Hall–Kier alpha value is -5.05. The van der Waals surface area contributed by atoms with Crippen LogP contribution in [0.15, 0.2) is 131 Å². The maximum absolute atomic E-state index is 13.6. The molecular formula is C56H76N4O5. The van der Waals surface area contributed by atoms with Gasteiger partial charge in [-0.25, -0.2) is 15.0 Å². The van der Waals surface area contributed by atoms with Gasteiger partial charge in [0.1, 0.15) is 11.7 Å². The van der Waals surface area contributed by atoms with Gasteiger partial charge < -0.3 is 19.9 Å². The van der Waals surface area contributed by atoms with Crippen LogP contribution in [0.5, 0.6) is 0 Å². The van der Waals surface area contributed by atoms with Crippen LogP contribution in [0, 0.1) is 35.5 Å². The van der Waals surface area contributed by atoms with Gasteiger partial charge in [-0.3, -0.25) is 9.59 Å². The number of aliphatic imine (C=N–C) groups is 3. The van der Waals surface area contributed by atoms with Crippen LogP contribution in [0.25, 0.3) is 0 Å². The van der Waals surface area contributed by atoms with Crippen molar-refractivity contribution in [2.45, 2.75) is 153 Å². The number of hydrogen-bond acceptors (Lipinski definition) is 9. The molecule has 0 amide bonds. The molecule has 1 saturated heterocycles. The van der Waals surface area contributed by atoms with Gasteiger partial charge in [0.15, 0.2) is 0 Å². The molecule has 0 spiro atoms. The molecule has 1 fully saturated rings. The van der Waals surface area contributed by atoms with E-state index in [-0.39, 0.29) is 30.0 Å². The summed E-state index contributed by atoms with van der Waals surface area (Å²) in [6.45, 7) is 26.4. The predicted molar refractivity (Wildman–Crippen MR) is 266 cm³/mol. The molecule has 0 aromatic heterocycles. The molecule has 350 valence electrons. The van der Waals surface area contributed by atoms with Crippen LogP contribution in [0.3, 0.4) is 0 Å². The van der Waals surface area contributed by atoms with Gasteiger partial charge in [0.25, 0.3) is 0 Å². The lowest BCUT2D eigenvalue weighted by atomic mass is 9.84. The summed E-state index contributed by atoms with van der Waals surface area (Å²) in [6.07, 6.45) is 23.8. The Bertz CT molecular complexity index is 2310. The number of hydrogen-bond donors (Lipinski definition) is 2. The number of esters is 2. The van der Waals surface area contributed by atoms with E-state index in [4.69, 9.17) is 24.5 Å². The van der Waals surface area contributed by atoms with Gasteiger partial charge in [0, 0.05) is 46.4 Å². The van der Waals surface area contributed by atoms with Crippen LogP contribution in [0.1, 0.15) is 153 Å². The molecular weight excluding hydrogens is 809 g/mol. The highest BCUT2D eigenvalue weighted by Crippen LogP contribution is 2.49. The number of carbonyl (C=O) groups is 2. The monoisotopic (exact) mass is 885 g/mol. The number of allylic oxidation sites excluding steroid dienone is 12. The van der Waals surface area contributed by atoms with Crippen molar-refractivity contribution in [2.24, 2.45) is 50.5 Å². The number of rotatable bonds is 21. The second-order valence-corrected chi connectivity index (χ2v) is 19.8. The molecule has 1 aliphatic carbocycles. The smallest absolute Gasteiger partial charge is 0.321 e. The van der Waals surface area contributed by atoms with Gasteiger partial charge in [-0.2, -0.15) is 0 Å². The molecule has 5 aliphatic heterocycles. The Labute approximate surface area is 389 Å². The number of nitrogens with zero attached hydrogens (tertiary/aromatic N) is 3. The fourth-order valence-corrected chi connectivity index (χ4v) is 10.4. The highest BCUT2D eigenvalue weighted by atomic mass is 16.5. The second kappa shape index (κ2) is 22.0. The summed E-state index contributed by atoms with van der Waals surface area (Å²) in [5.74, 6) is 0.0577. The highest BCUT2D eigenvalue weighted by molar-refractivity contribution is 6.24. The van der Waals surface area contributed by atoms with Gasteiger partial charge in [0.05, 0.1) is 47.9 Å². The molecule has 2 N–H and O–H groups in total. The maximum Gasteiger partial charge on any atom is 0.321 e. The molecule has 0 radical (unpaired) electrons. The SMILES string of the molecule is C=CC1=C(C)C2=NC1=CC1=NC(=CC3=C(C)C4=C(O)[C@H](C(=O)OC)C(=C5NC(=C2)[C@@H](C)[C@@H]5CCC(=O)OCC/C=C(\C)CCCC(C)CCCC(C)CCCC(C)C)C4=N3)C(CC)=C1C. The van der Waals surface area contributed by atoms with Gasteiger partial charge in [-0.05, 0) is 118 Å². The van der Waals surface area contributed by atoms with E-state index in [1.165, 1.54) is 64.0 Å². The Kier molecular flexibility index (Phi) is 16.7. The summed E-state index contributed by atoms with van der Waals surface area (Å²) < 4.78 is 11.1. The first-order chi connectivity index (χ1) is 31.1. The maximum atomic E-state index is 13.6. The number of carbonyl (C=O) groups excluding carboxylic acids is 2. The lowest BCUT2D eigenvalue weighted by Crippen LogP contribution is -2.25. The van der Waals surface area contributed by atoms with Gasteiger partial charge in [-0.1, -0.05) is 111 Å². The minimum absolute atomic E-state index is 0.0823. The van der Waals surface area contributed by atoms with E-state index < -0.39 is 11.9 Å². The van der Waals surface area contributed by atoms with E-state index in [1.54, 1.807) is 0 Å². The van der Waals surface area contributed by atoms with Crippen LogP contribution in [-0.4, -0.2) is 47.9 Å². The van der Waals surface area contributed by atoms with Gasteiger partial charge in [0.2, 0.25) is 0 Å². The van der Waals surface area contributed by atoms with Crippen molar-refractivity contribution in [3.8, 4) is 0 Å². The van der Waals surface area contributed by atoms with E-state index in [2.05, 4.69) is 79.4 Å². The fourth-order valence-electron chi connectivity index (χ4n) is 10.4. The second-order valence-electron chi connectivity index (χ2n) is 19.8. The minimum Gasteiger partial charge on any atom is -0.510 e. The van der Waals surface area contributed by atoms with Gasteiger partial charge >= 0.3 is 11.9 Å². The average Bonchev–Trinajstić information content (AvgIpc) is 4.01. The van der Waals surface area contributed by atoms with Crippen molar-refractivity contribution in [3.05, 3.63) is 116 Å². The molecule has 6 rings (SSSR count). The first-order valence-electron chi connectivity index (χ1n) is 24.6. The minimum atomic E-state index is -1.08. The van der Waals surface area contributed by atoms with Crippen molar-refractivity contribution in [1.29, 1.82) is 0 Å². The zero-order chi connectivity index (χ0) is 47.1. The summed E-state index contributed by atoms with van der Waals surface area (Å²) in [4.78, 5) is 42.4. The molecule has 2 unspecified atom stereocenters. The summed E-state index contributed by atoms with van der Waals surface area (Å²) >= 11 is 0. The largest absolute Gasteiger partial charge is 0.510 e. The Morgan fingerprint density at radius 3 is 2.20 bits per heavy atom. The number of ether oxygens (including phenoxy) is 2. The number of nitrogens with one attached hydrogen (secondary N) is 1. The van der Waals surface area contributed by atoms with E-state index in [9.17, 15) is 14.7 Å². The Morgan fingerprint density at radius 2 is 1.54 bits per heavy atom. The summed E-state index contributed by atoms with van der Waals surface area (Å²) in [6, 6.07) is 0. The van der Waals surface area contributed by atoms with Crippen molar-refractivity contribution in [2.75, 3.05) is 13.7 Å². The first-order valence-corrected chi connectivity index (χ1v) is 24.6. The van der Waals surface area contributed by atoms with E-state index in [1.807, 2.05) is 32.1 Å². The Balaban J connectivity index is 1.17. The van der Waals surface area contributed by atoms with Crippen molar-refractivity contribution >= 4 is 29.1 Å². The average molecular weight is 885 g/mol. The zero-order valence-electron chi connectivity index (χ0n) is 41.4. The molecule has 5 heterocycles. The first kappa shape index (κ1) is 49.4. The third-order valence-corrected chi connectivity index (χ3v) is 14.5. The highest BCUT2D eigenvalue weighted by Gasteiger charge is 2.49. The molecule has 0 saturated carbocycles. The fraction of sp³-hybridized carbons (Fsp3) is 0.554. The predicted octanol–water partition coefficient (Wildman–Crippen LogP) is 13.3. The van der Waals surface area contributed by atoms with E-state index in [0.29, 0.717) is 42.0 Å². The third kappa shape index (κ3) is 11.1. The lowest BCUT2D eigenvalue weighted by Gasteiger charge is -2.20.